The average molecular weight is 376 g/mol. The molecule has 0 unspecified atom stereocenters. The first-order valence-electron chi connectivity index (χ1n) is 8.30. The van der Waals surface area contributed by atoms with Crippen LogP contribution in [-0.2, 0) is 0 Å². The first-order chi connectivity index (χ1) is 13.1. The first kappa shape index (κ1) is 17.1. The number of fused-ring (bicyclic) bond motifs is 1. The summed E-state index contributed by atoms with van der Waals surface area (Å²) in [5, 5.41) is 3.75. The molecule has 0 aliphatic heterocycles. The Kier molecular flexibility index (Phi) is 4.48. The zero-order valence-electron chi connectivity index (χ0n) is 14.1. The van der Waals surface area contributed by atoms with E-state index in [9.17, 15) is 9.59 Å². The highest BCUT2D eigenvalue weighted by Crippen LogP contribution is 2.24. The fraction of sp³-hybridized carbons (Fsp3) is 0. The smallest absolute Gasteiger partial charge is 0.255 e. The number of carbonyl (C=O) groups excluding carboxylic acids is 1. The van der Waals surface area contributed by atoms with Crippen molar-refractivity contribution in [1.82, 2.24) is 0 Å². The Bertz CT molecular complexity index is 1180. The molecule has 1 amide bonds. The average Bonchev–Trinajstić information content (AvgIpc) is 2.69. The van der Waals surface area contributed by atoms with Crippen molar-refractivity contribution < 1.29 is 9.21 Å². The van der Waals surface area contributed by atoms with Gasteiger partial charge >= 0.3 is 0 Å². The van der Waals surface area contributed by atoms with Crippen LogP contribution >= 0.6 is 11.6 Å². The van der Waals surface area contributed by atoms with E-state index in [0.29, 0.717) is 33.0 Å². The SMILES string of the molecule is O=C(Nc1ccc2oc(-c3ccccc3)cc(=O)c2c1)c1ccc(Cl)cc1. The third-order valence-corrected chi connectivity index (χ3v) is 4.40. The lowest BCUT2D eigenvalue weighted by atomic mass is 10.1. The summed E-state index contributed by atoms with van der Waals surface area (Å²) in [6.45, 7) is 0. The highest BCUT2D eigenvalue weighted by atomic mass is 35.5. The van der Waals surface area contributed by atoms with Gasteiger partial charge in [0.25, 0.3) is 5.91 Å². The fourth-order valence-corrected chi connectivity index (χ4v) is 2.91. The predicted molar refractivity (Wildman–Crippen MR) is 107 cm³/mol. The first-order valence-corrected chi connectivity index (χ1v) is 8.68. The van der Waals surface area contributed by atoms with Crippen LogP contribution in [0, 0.1) is 0 Å². The summed E-state index contributed by atoms with van der Waals surface area (Å²) < 4.78 is 5.86. The predicted octanol–water partition coefficient (Wildman–Crippen LogP) is 5.37. The third kappa shape index (κ3) is 3.61. The quantitative estimate of drug-likeness (QED) is 0.524. The van der Waals surface area contributed by atoms with E-state index in [2.05, 4.69) is 5.32 Å². The Labute approximate surface area is 160 Å². The van der Waals surface area contributed by atoms with Gasteiger partial charge in [-0.1, -0.05) is 41.9 Å². The van der Waals surface area contributed by atoms with Crippen LogP contribution in [0.3, 0.4) is 0 Å². The van der Waals surface area contributed by atoms with Gasteiger partial charge in [0.15, 0.2) is 5.43 Å². The number of carbonyl (C=O) groups is 1. The molecule has 4 aromatic rings. The standard InChI is InChI=1S/C22H14ClNO3/c23-16-8-6-15(7-9-16)22(26)24-17-10-11-20-18(12-17)19(25)13-21(27-20)14-4-2-1-3-5-14/h1-13H,(H,24,26). The number of hydrogen-bond donors (Lipinski definition) is 1. The van der Waals surface area contributed by atoms with Crippen molar-refractivity contribution in [2.45, 2.75) is 0 Å². The van der Waals surface area contributed by atoms with Crippen LogP contribution in [0.25, 0.3) is 22.3 Å². The Hall–Kier alpha value is -3.37. The minimum absolute atomic E-state index is 0.169. The lowest BCUT2D eigenvalue weighted by Crippen LogP contribution is -2.12. The van der Waals surface area contributed by atoms with Crippen LogP contribution in [-0.4, -0.2) is 5.91 Å². The minimum Gasteiger partial charge on any atom is -0.456 e. The molecule has 0 fully saturated rings. The summed E-state index contributed by atoms with van der Waals surface area (Å²) in [6, 6.07) is 22.5. The fourth-order valence-electron chi connectivity index (χ4n) is 2.78. The van der Waals surface area contributed by atoms with E-state index in [-0.39, 0.29) is 11.3 Å². The molecule has 0 spiro atoms. The number of amides is 1. The number of rotatable bonds is 3. The highest BCUT2D eigenvalue weighted by molar-refractivity contribution is 6.30. The Morgan fingerprint density at radius 3 is 2.37 bits per heavy atom. The molecule has 1 aromatic heterocycles. The topological polar surface area (TPSA) is 59.3 Å². The van der Waals surface area contributed by atoms with Crippen LogP contribution in [0.4, 0.5) is 5.69 Å². The molecule has 0 aliphatic rings. The van der Waals surface area contributed by atoms with Gasteiger partial charge in [-0.15, -0.1) is 0 Å². The second-order valence-corrected chi connectivity index (χ2v) is 6.45. The van der Waals surface area contributed by atoms with Gasteiger partial charge in [0, 0.05) is 27.9 Å². The molecule has 1 N–H and O–H groups in total. The molecule has 1 heterocycles. The summed E-state index contributed by atoms with van der Waals surface area (Å²) in [4.78, 5) is 24.9. The van der Waals surface area contributed by atoms with Crippen molar-refractivity contribution in [3.05, 3.63) is 99.7 Å². The maximum atomic E-state index is 12.5. The second kappa shape index (κ2) is 7.09. The zero-order valence-corrected chi connectivity index (χ0v) is 14.9. The molecule has 0 aliphatic carbocycles. The van der Waals surface area contributed by atoms with Gasteiger partial charge in [0.05, 0.1) is 5.39 Å². The molecule has 0 radical (unpaired) electrons. The normalized spacial score (nSPS) is 10.7. The molecule has 0 saturated carbocycles. The van der Waals surface area contributed by atoms with Crippen LogP contribution < -0.4 is 10.7 Å². The summed E-state index contributed by atoms with van der Waals surface area (Å²) in [7, 11) is 0. The van der Waals surface area contributed by atoms with Crippen LogP contribution in [0.2, 0.25) is 5.02 Å². The molecular formula is C22H14ClNO3. The Morgan fingerprint density at radius 1 is 0.889 bits per heavy atom. The molecule has 27 heavy (non-hydrogen) atoms. The van der Waals surface area contributed by atoms with E-state index in [1.54, 1.807) is 42.5 Å². The van der Waals surface area contributed by atoms with Crippen molar-refractivity contribution in [3.8, 4) is 11.3 Å². The van der Waals surface area contributed by atoms with E-state index in [1.807, 2.05) is 30.3 Å². The molecule has 0 saturated heterocycles. The van der Waals surface area contributed by atoms with Gasteiger partial charge in [0.2, 0.25) is 0 Å². The van der Waals surface area contributed by atoms with Crippen LogP contribution in [0.1, 0.15) is 10.4 Å². The number of halogens is 1. The highest BCUT2D eigenvalue weighted by Gasteiger charge is 2.10. The van der Waals surface area contributed by atoms with Gasteiger partial charge in [-0.3, -0.25) is 9.59 Å². The molecule has 3 aromatic carbocycles. The molecule has 4 rings (SSSR count). The van der Waals surface area contributed by atoms with Crippen molar-refractivity contribution >= 4 is 34.2 Å². The van der Waals surface area contributed by atoms with Crippen molar-refractivity contribution in [1.29, 1.82) is 0 Å². The van der Waals surface area contributed by atoms with Crippen molar-refractivity contribution in [2.75, 3.05) is 5.32 Å². The molecule has 132 valence electrons. The van der Waals surface area contributed by atoms with Crippen LogP contribution in [0.15, 0.2) is 88.1 Å². The van der Waals surface area contributed by atoms with E-state index < -0.39 is 0 Å². The summed E-state index contributed by atoms with van der Waals surface area (Å²) >= 11 is 5.84. The molecule has 5 heteroatoms. The molecule has 0 bridgehead atoms. The summed E-state index contributed by atoms with van der Waals surface area (Å²) in [5.41, 5.74) is 2.12. The van der Waals surface area contributed by atoms with Gasteiger partial charge < -0.3 is 9.73 Å². The van der Waals surface area contributed by atoms with Crippen molar-refractivity contribution in [3.63, 3.8) is 0 Å². The summed E-state index contributed by atoms with van der Waals surface area (Å²) in [6.07, 6.45) is 0. The van der Waals surface area contributed by atoms with Gasteiger partial charge in [0.1, 0.15) is 11.3 Å². The van der Waals surface area contributed by atoms with E-state index in [1.165, 1.54) is 6.07 Å². The van der Waals surface area contributed by atoms with Crippen molar-refractivity contribution in [2.24, 2.45) is 0 Å². The number of hydrogen-bond acceptors (Lipinski definition) is 3. The van der Waals surface area contributed by atoms with Crippen LogP contribution in [0.5, 0.6) is 0 Å². The van der Waals surface area contributed by atoms with E-state index in [0.717, 1.165) is 5.56 Å². The summed E-state index contributed by atoms with van der Waals surface area (Å²) in [5.74, 6) is 0.224. The lowest BCUT2D eigenvalue weighted by molar-refractivity contribution is 0.102. The maximum absolute atomic E-state index is 12.5. The lowest BCUT2D eigenvalue weighted by Gasteiger charge is -2.07. The van der Waals surface area contributed by atoms with E-state index in [4.69, 9.17) is 16.0 Å². The molecular weight excluding hydrogens is 362 g/mol. The van der Waals surface area contributed by atoms with Gasteiger partial charge in [-0.25, -0.2) is 0 Å². The minimum atomic E-state index is -0.281. The maximum Gasteiger partial charge on any atom is 0.255 e. The number of anilines is 1. The largest absolute Gasteiger partial charge is 0.456 e. The molecule has 0 atom stereocenters. The van der Waals surface area contributed by atoms with Gasteiger partial charge in [-0.2, -0.15) is 0 Å². The monoisotopic (exact) mass is 375 g/mol. The Morgan fingerprint density at radius 2 is 1.63 bits per heavy atom. The van der Waals surface area contributed by atoms with E-state index >= 15 is 0 Å². The number of nitrogens with one attached hydrogen (secondary N) is 1. The molecule has 4 nitrogen and oxygen atoms in total. The Balaban J connectivity index is 1.66. The van der Waals surface area contributed by atoms with Gasteiger partial charge in [-0.05, 0) is 42.5 Å². The second-order valence-electron chi connectivity index (χ2n) is 6.01. The number of benzene rings is 3. The zero-order chi connectivity index (χ0) is 18.8. The third-order valence-electron chi connectivity index (χ3n) is 4.15.